The molecule has 1 atom stereocenters. The molecule has 0 aromatic heterocycles. The number of esters is 1. The molecule has 0 aliphatic heterocycles. The van der Waals surface area contributed by atoms with Gasteiger partial charge in [0.2, 0.25) is 0 Å². The molecule has 16 heavy (non-hydrogen) atoms. The van der Waals surface area contributed by atoms with E-state index in [1.54, 1.807) is 31.4 Å². The van der Waals surface area contributed by atoms with Crippen LogP contribution in [-0.2, 0) is 4.74 Å². The zero-order valence-corrected chi connectivity index (χ0v) is 9.61. The van der Waals surface area contributed by atoms with Crippen LogP contribution < -0.4 is 4.74 Å². The van der Waals surface area contributed by atoms with Gasteiger partial charge >= 0.3 is 5.97 Å². The Labute approximate surface area is 98.7 Å². The zero-order chi connectivity index (χ0) is 12.0. The van der Waals surface area contributed by atoms with Crippen molar-refractivity contribution in [1.82, 2.24) is 0 Å². The lowest BCUT2D eigenvalue weighted by Gasteiger charge is -2.08. The quantitative estimate of drug-likeness (QED) is 0.629. The van der Waals surface area contributed by atoms with Crippen molar-refractivity contribution in [2.45, 2.75) is 6.10 Å². The standard InChI is InChI=1S/C11H13ClO4/c1-15-10-4-2-8(3-5-10)11(14)16-7-9(13)6-12/h2-5,9,13H,6-7H2,1H3. The fourth-order valence-corrected chi connectivity index (χ4v) is 1.12. The molecule has 0 bridgehead atoms. The van der Waals surface area contributed by atoms with E-state index < -0.39 is 12.1 Å². The summed E-state index contributed by atoms with van der Waals surface area (Å²) in [5.74, 6) is 0.208. The van der Waals surface area contributed by atoms with Crippen molar-refractivity contribution < 1.29 is 19.4 Å². The average molecular weight is 245 g/mol. The Kier molecular flexibility index (Phi) is 5.08. The Balaban J connectivity index is 2.52. The predicted molar refractivity (Wildman–Crippen MR) is 60.0 cm³/mol. The Morgan fingerprint density at radius 2 is 2.06 bits per heavy atom. The number of carbonyl (C=O) groups is 1. The smallest absolute Gasteiger partial charge is 0.338 e. The van der Waals surface area contributed by atoms with E-state index in [1.807, 2.05) is 0 Å². The van der Waals surface area contributed by atoms with Crippen molar-refractivity contribution in [3.05, 3.63) is 29.8 Å². The van der Waals surface area contributed by atoms with Crippen LogP contribution in [-0.4, -0.2) is 36.8 Å². The summed E-state index contributed by atoms with van der Waals surface area (Å²) in [4.78, 5) is 11.4. The zero-order valence-electron chi connectivity index (χ0n) is 8.85. The van der Waals surface area contributed by atoms with Crippen LogP contribution in [0.4, 0.5) is 0 Å². The second-order valence-electron chi connectivity index (χ2n) is 3.14. The first kappa shape index (κ1) is 12.8. The summed E-state index contributed by atoms with van der Waals surface area (Å²) in [6.07, 6.45) is -0.830. The molecule has 0 amide bonds. The molecule has 0 aliphatic carbocycles. The van der Waals surface area contributed by atoms with Crippen LogP contribution in [0.3, 0.4) is 0 Å². The number of aliphatic hydroxyl groups excluding tert-OH is 1. The topological polar surface area (TPSA) is 55.8 Å². The minimum absolute atomic E-state index is 0.0376. The lowest BCUT2D eigenvalue weighted by atomic mass is 10.2. The van der Waals surface area contributed by atoms with Crippen molar-refractivity contribution in [3.8, 4) is 5.75 Å². The Bertz CT molecular complexity index is 336. The summed E-state index contributed by atoms with van der Waals surface area (Å²) in [5, 5.41) is 9.11. The number of carbonyl (C=O) groups excluding carboxylic acids is 1. The summed E-state index contributed by atoms with van der Waals surface area (Å²) in [7, 11) is 1.55. The van der Waals surface area contributed by atoms with Gasteiger partial charge in [0.25, 0.3) is 0 Å². The second kappa shape index (κ2) is 6.35. The molecule has 0 fully saturated rings. The number of ether oxygens (including phenoxy) is 2. The summed E-state index contributed by atoms with van der Waals surface area (Å²) in [6, 6.07) is 6.51. The minimum atomic E-state index is -0.830. The van der Waals surface area contributed by atoms with Crippen LogP contribution in [0.2, 0.25) is 0 Å². The van der Waals surface area contributed by atoms with Gasteiger partial charge in [0, 0.05) is 0 Å². The highest BCUT2D eigenvalue weighted by Gasteiger charge is 2.10. The molecule has 1 rings (SSSR count). The van der Waals surface area contributed by atoms with Crippen LogP contribution >= 0.6 is 11.6 Å². The van der Waals surface area contributed by atoms with Gasteiger partial charge in [0.05, 0.1) is 18.6 Å². The summed E-state index contributed by atoms with van der Waals surface area (Å²) >= 11 is 5.36. The van der Waals surface area contributed by atoms with Crippen LogP contribution in [0.25, 0.3) is 0 Å². The maximum absolute atomic E-state index is 11.4. The lowest BCUT2D eigenvalue weighted by molar-refractivity contribution is 0.0303. The van der Waals surface area contributed by atoms with Crippen molar-refractivity contribution in [1.29, 1.82) is 0 Å². The monoisotopic (exact) mass is 244 g/mol. The van der Waals surface area contributed by atoms with E-state index in [0.717, 1.165) is 0 Å². The lowest BCUT2D eigenvalue weighted by Crippen LogP contribution is -2.19. The first-order chi connectivity index (χ1) is 7.67. The normalized spacial score (nSPS) is 11.9. The van der Waals surface area contributed by atoms with E-state index in [9.17, 15) is 4.79 Å². The van der Waals surface area contributed by atoms with E-state index >= 15 is 0 Å². The number of benzene rings is 1. The van der Waals surface area contributed by atoms with Crippen molar-refractivity contribution in [2.24, 2.45) is 0 Å². The molecule has 0 spiro atoms. The number of rotatable bonds is 5. The first-order valence-electron chi connectivity index (χ1n) is 4.72. The SMILES string of the molecule is COc1ccc(C(=O)OCC(O)CCl)cc1. The highest BCUT2D eigenvalue weighted by molar-refractivity contribution is 6.18. The molecule has 0 radical (unpaired) electrons. The first-order valence-corrected chi connectivity index (χ1v) is 5.26. The van der Waals surface area contributed by atoms with Gasteiger partial charge in [-0.1, -0.05) is 0 Å². The number of halogens is 1. The third-order valence-electron chi connectivity index (χ3n) is 1.91. The highest BCUT2D eigenvalue weighted by atomic mass is 35.5. The maximum Gasteiger partial charge on any atom is 0.338 e. The molecule has 0 saturated heterocycles. The van der Waals surface area contributed by atoms with E-state index in [1.165, 1.54) is 0 Å². The van der Waals surface area contributed by atoms with Crippen LogP contribution in [0.5, 0.6) is 5.75 Å². The molecule has 0 saturated carbocycles. The average Bonchev–Trinajstić information content (AvgIpc) is 2.35. The van der Waals surface area contributed by atoms with Crippen molar-refractivity contribution in [3.63, 3.8) is 0 Å². The fraction of sp³-hybridized carbons (Fsp3) is 0.364. The molecular formula is C11H13ClO4. The largest absolute Gasteiger partial charge is 0.497 e. The molecule has 1 aromatic carbocycles. The molecule has 0 aliphatic rings. The van der Waals surface area contributed by atoms with E-state index in [2.05, 4.69) is 0 Å². The van der Waals surface area contributed by atoms with Gasteiger partial charge < -0.3 is 14.6 Å². The Morgan fingerprint density at radius 3 is 2.56 bits per heavy atom. The number of alkyl halides is 1. The maximum atomic E-state index is 11.4. The summed E-state index contributed by atoms with van der Waals surface area (Å²) in [5.41, 5.74) is 0.405. The molecule has 1 unspecified atom stereocenters. The third-order valence-corrected chi connectivity index (χ3v) is 2.27. The Morgan fingerprint density at radius 1 is 1.44 bits per heavy atom. The highest BCUT2D eigenvalue weighted by Crippen LogP contribution is 2.12. The molecule has 4 nitrogen and oxygen atoms in total. The van der Waals surface area contributed by atoms with Gasteiger partial charge in [0.15, 0.2) is 0 Å². The van der Waals surface area contributed by atoms with Gasteiger partial charge in [0.1, 0.15) is 18.5 Å². The van der Waals surface area contributed by atoms with Gasteiger partial charge in [-0.25, -0.2) is 4.79 Å². The van der Waals surface area contributed by atoms with Gasteiger partial charge in [-0.3, -0.25) is 0 Å². The van der Waals surface area contributed by atoms with Gasteiger partial charge in [-0.05, 0) is 24.3 Å². The molecule has 5 heteroatoms. The number of aliphatic hydroxyl groups is 1. The van der Waals surface area contributed by atoms with E-state index in [0.29, 0.717) is 11.3 Å². The van der Waals surface area contributed by atoms with Crippen molar-refractivity contribution in [2.75, 3.05) is 19.6 Å². The number of hydrogen-bond donors (Lipinski definition) is 1. The molecule has 88 valence electrons. The summed E-state index contributed by atoms with van der Waals surface area (Å²) < 4.78 is 9.80. The predicted octanol–water partition coefficient (Wildman–Crippen LogP) is 1.45. The summed E-state index contributed by atoms with van der Waals surface area (Å²) in [6.45, 7) is -0.103. The fourth-order valence-electron chi connectivity index (χ4n) is 1.03. The molecule has 0 heterocycles. The number of hydrogen-bond acceptors (Lipinski definition) is 4. The molecule has 1 N–H and O–H groups in total. The van der Waals surface area contributed by atoms with Crippen molar-refractivity contribution >= 4 is 17.6 Å². The van der Waals surface area contributed by atoms with E-state index in [4.69, 9.17) is 26.2 Å². The van der Waals surface area contributed by atoms with Crippen LogP contribution in [0.15, 0.2) is 24.3 Å². The van der Waals surface area contributed by atoms with Crippen LogP contribution in [0.1, 0.15) is 10.4 Å². The second-order valence-corrected chi connectivity index (χ2v) is 3.44. The van der Waals surface area contributed by atoms with E-state index in [-0.39, 0.29) is 12.5 Å². The third kappa shape index (κ3) is 3.72. The molecular weight excluding hydrogens is 232 g/mol. The van der Waals surface area contributed by atoms with Gasteiger partial charge in [-0.15, -0.1) is 11.6 Å². The minimum Gasteiger partial charge on any atom is -0.497 e. The number of methoxy groups -OCH3 is 1. The van der Waals surface area contributed by atoms with Crippen LogP contribution in [0, 0.1) is 0 Å². The van der Waals surface area contributed by atoms with Gasteiger partial charge in [-0.2, -0.15) is 0 Å². The Hall–Kier alpha value is -1.26. The molecule has 1 aromatic rings.